The Morgan fingerprint density at radius 1 is 1.46 bits per heavy atom. The van der Waals surface area contributed by atoms with Gasteiger partial charge in [0.15, 0.2) is 0 Å². The van der Waals surface area contributed by atoms with Crippen molar-refractivity contribution < 1.29 is 45.1 Å². The molecule has 0 unspecified atom stereocenters. The van der Waals surface area contributed by atoms with Crippen molar-refractivity contribution in [1.82, 2.24) is 9.97 Å². The van der Waals surface area contributed by atoms with Gasteiger partial charge in [-0.05, 0) is 39.1 Å². The third kappa shape index (κ3) is 2.21. The van der Waals surface area contributed by atoms with Gasteiger partial charge in [0.1, 0.15) is 5.75 Å². The van der Waals surface area contributed by atoms with E-state index in [4.69, 9.17) is 4.74 Å². The average Bonchev–Trinajstić information content (AvgIpc) is 2.49. The molecule has 5 heteroatoms. The van der Waals surface area contributed by atoms with Crippen LogP contribution in [0, 0.1) is 40.4 Å². The number of aromatic nitrogens is 2. The van der Waals surface area contributed by atoms with Gasteiger partial charge in [-0.25, -0.2) is 0 Å². The molecule has 0 radical (unpaired) electrons. The van der Waals surface area contributed by atoms with E-state index in [1.165, 1.54) is 6.33 Å². The van der Waals surface area contributed by atoms with E-state index in [2.05, 4.69) is 25.9 Å². The fourth-order valence-corrected chi connectivity index (χ4v) is 1.54. The van der Waals surface area contributed by atoms with Gasteiger partial charge >= 0.3 is 0 Å². The molecular formula is C8H6BrN2OSm-. The van der Waals surface area contributed by atoms with Crippen molar-refractivity contribution in [1.29, 1.82) is 0 Å². The average molecular weight is 376 g/mol. The van der Waals surface area contributed by atoms with Crippen LogP contribution < -0.4 is 9.72 Å². The van der Waals surface area contributed by atoms with E-state index in [1.807, 2.05) is 12.1 Å². The summed E-state index contributed by atoms with van der Waals surface area (Å²) in [6.45, 7) is 0. The number of methoxy groups -OCH3 is 1. The van der Waals surface area contributed by atoms with E-state index in [9.17, 15) is 0 Å². The summed E-state index contributed by atoms with van der Waals surface area (Å²) in [5.41, 5.74) is 1.73. The van der Waals surface area contributed by atoms with Gasteiger partial charge in [-0.15, -0.1) is 0 Å². The van der Waals surface area contributed by atoms with Crippen LogP contribution in [0.1, 0.15) is 0 Å². The molecule has 0 atom stereocenters. The molecule has 1 heterocycles. The molecule has 0 bridgehead atoms. The smallest absolute Gasteiger partial charge is 0.133 e. The SMILES string of the molecule is COc1cc2[n-]cnc2cc1Br.[Sm]. The molecule has 0 fully saturated rings. The maximum atomic E-state index is 5.11. The molecule has 68 valence electrons. The Balaban J connectivity index is 0.000000845. The summed E-state index contributed by atoms with van der Waals surface area (Å²) in [4.78, 5) is 8.11. The third-order valence-corrected chi connectivity index (χ3v) is 2.26. The minimum atomic E-state index is 0. The van der Waals surface area contributed by atoms with Crippen molar-refractivity contribution >= 4 is 27.0 Å². The summed E-state index contributed by atoms with van der Waals surface area (Å²) >= 11 is 3.37. The fraction of sp³-hybridized carbons (Fsp3) is 0.125. The number of hydrogen-bond donors (Lipinski definition) is 0. The van der Waals surface area contributed by atoms with Gasteiger partial charge in [-0.2, -0.15) is 0 Å². The Morgan fingerprint density at radius 2 is 2.23 bits per heavy atom. The minimum Gasteiger partial charge on any atom is -0.496 e. The normalized spacial score (nSPS) is 9.69. The van der Waals surface area contributed by atoms with Crippen LogP contribution in [-0.2, 0) is 0 Å². The van der Waals surface area contributed by atoms with Crippen molar-refractivity contribution in [2.45, 2.75) is 0 Å². The van der Waals surface area contributed by atoms with E-state index in [0.29, 0.717) is 0 Å². The van der Waals surface area contributed by atoms with E-state index in [0.717, 1.165) is 21.3 Å². The quantitative estimate of drug-likeness (QED) is 0.764. The zero-order chi connectivity index (χ0) is 8.55. The number of imidazole rings is 1. The van der Waals surface area contributed by atoms with Gasteiger partial charge < -0.3 is 14.7 Å². The molecule has 1 aromatic heterocycles. The first-order chi connectivity index (χ1) is 5.81. The molecule has 0 aliphatic rings. The van der Waals surface area contributed by atoms with Crippen LogP contribution in [0.15, 0.2) is 22.9 Å². The second kappa shape index (κ2) is 4.70. The summed E-state index contributed by atoms with van der Waals surface area (Å²) in [6, 6.07) is 3.74. The molecule has 2 aromatic rings. The van der Waals surface area contributed by atoms with Gasteiger partial charge in [0.05, 0.1) is 11.6 Å². The Labute approximate surface area is 116 Å². The molecule has 0 saturated carbocycles. The van der Waals surface area contributed by atoms with Gasteiger partial charge in [0.25, 0.3) is 0 Å². The Bertz CT molecular complexity index is 415. The minimum absolute atomic E-state index is 0. The van der Waals surface area contributed by atoms with Crippen LogP contribution in [-0.4, -0.2) is 12.1 Å². The predicted molar refractivity (Wildman–Crippen MR) is 49.3 cm³/mol. The molecule has 0 saturated heterocycles. The van der Waals surface area contributed by atoms with E-state index < -0.39 is 0 Å². The number of halogens is 1. The first-order valence-corrected chi connectivity index (χ1v) is 4.21. The van der Waals surface area contributed by atoms with Crippen molar-refractivity contribution in [2.24, 2.45) is 0 Å². The van der Waals surface area contributed by atoms with Crippen LogP contribution in [0.25, 0.3) is 11.0 Å². The van der Waals surface area contributed by atoms with Gasteiger partial charge in [0.2, 0.25) is 0 Å². The summed E-state index contributed by atoms with van der Waals surface area (Å²) in [6.07, 6.45) is 1.54. The van der Waals surface area contributed by atoms with Crippen molar-refractivity contribution in [3.8, 4) is 5.75 Å². The van der Waals surface area contributed by atoms with Crippen molar-refractivity contribution in [3.05, 3.63) is 22.9 Å². The molecule has 0 aliphatic carbocycles. The maximum Gasteiger partial charge on any atom is 0.133 e. The summed E-state index contributed by atoms with van der Waals surface area (Å²) in [5.74, 6) is 0.781. The van der Waals surface area contributed by atoms with Gasteiger partial charge in [-0.1, -0.05) is 6.33 Å². The number of ether oxygens (including phenoxy) is 1. The van der Waals surface area contributed by atoms with Crippen LogP contribution in [0.3, 0.4) is 0 Å². The third-order valence-electron chi connectivity index (χ3n) is 1.64. The van der Waals surface area contributed by atoms with Crippen LogP contribution in [0.4, 0.5) is 0 Å². The van der Waals surface area contributed by atoms with Gasteiger partial charge in [0, 0.05) is 40.4 Å². The largest absolute Gasteiger partial charge is 0.496 e. The Hall–Kier alpha value is 0.308. The molecule has 0 spiro atoms. The zero-order valence-electron chi connectivity index (χ0n) is 6.82. The standard InChI is InChI=1S/C8H6BrN2O.Sm/c1-12-8-3-7-6(2-5(8)9)10-4-11-7;/h2-4H,1H3;/q-1;. The number of rotatable bonds is 1. The van der Waals surface area contributed by atoms with E-state index in [-0.39, 0.29) is 40.4 Å². The molecule has 2 rings (SSSR count). The van der Waals surface area contributed by atoms with Crippen molar-refractivity contribution in [3.63, 3.8) is 0 Å². The number of benzene rings is 1. The second-order valence-electron chi connectivity index (χ2n) is 2.35. The first-order valence-electron chi connectivity index (χ1n) is 3.42. The van der Waals surface area contributed by atoms with Crippen molar-refractivity contribution in [2.75, 3.05) is 7.11 Å². The Morgan fingerprint density at radius 3 is 2.92 bits per heavy atom. The van der Waals surface area contributed by atoms with Crippen LogP contribution >= 0.6 is 15.9 Å². The predicted octanol–water partition coefficient (Wildman–Crippen LogP) is 1.96. The first kappa shape index (κ1) is 11.4. The van der Waals surface area contributed by atoms with Crippen LogP contribution in [0.5, 0.6) is 5.75 Å². The van der Waals surface area contributed by atoms with E-state index in [1.54, 1.807) is 7.11 Å². The number of nitrogens with zero attached hydrogens (tertiary/aromatic N) is 2. The molecule has 0 N–H and O–H groups in total. The molecule has 0 aliphatic heterocycles. The molecular weight excluding hydrogens is 370 g/mol. The molecule has 3 nitrogen and oxygen atoms in total. The van der Waals surface area contributed by atoms with Gasteiger partial charge in [-0.3, -0.25) is 0 Å². The number of hydrogen-bond acceptors (Lipinski definition) is 2. The van der Waals surface area contributed by atoms with Crippen LogP contribution in [0.2, 0.25) is 0 Å². The zero-order valence-corrected chi connectivity index (χ0v) is 11.0. The fourth-order valence-electron chi connectivity index (χ4n) is 1.05. The second-order valence-corrected chi connectivity index (χ2v) is 3.20. The Kier molecular flexibility index (Phi) is 4.11. The monoisotopic (exact) mass is 377 g/mol. The molecule has 1 aromatic carbocycles. The molecule has 13 heavy (non-hydrogen) atoms. The topological polar surface area (TPSA) is 36.2 Å². The summed E-state index contributed by atoms with van der Waals surface area (Å²) in [7, 11) is 1.63. The summed E-state index contributed by atoms with van der Waals surface area (Å²) in [5, 5.41) is 0. The van der Waals surface area contributed by atoms with E-state index >= 15 is 0 Å². The summed E-state index contributed by atoms with van der Waals surface area (Å²) < 4.78 is 6.01. The number of fused-ring (bicyclic) bond motifs is 1. The molecule has 0 amide bonds. The maximum absolute atomic E-state index is 5.11.